The lowest BCUT2D eigenvalue weighted by atomic mass is 10.1. The Morgan fingerprint density at radius 2 is 1.85 bits per heavy atom. The zero-order valence-corrected chi connectivity index (χ0v) is 12.9. The maximum atomic E-state index is 12.9. The lowest BCUT2D eigenvalue weighted by Crippen LogP contribution is -2.26. The van der Waals surface area contributed by atoms with Crippen LogP contribution in [0.2, 0.25) is 0 Å². The second kappa shape index (κ2) is 6.18. The van der Waals surface area contributed by atoms with Crippen molar-refractivity contribution in [2.45, 2.75) is 13.5 Å². The largest absolute Gasteiger partial charge is 0.337 e. The molecule has 1 amide bonds. The van der Waals surface area contributed by atoms with E-state index in [1.54, 1.807) is 24.1 Å². The van der Waals surface area contributed by atoms with Crippen molar-refractivity contribution >= 4 is 21.8 Å². The van der Waals surface area contributed by atoms with Gasteiger partial charge in [0.2, 0.25) is 0 Å². The van der Waals surface area contributed by atoms with Crippen LogP contribution >= 0.6 is 15.9 Å². The van der Waals surface area contributed by atoms with E-state index in [1.165, 1.54) is 12.1 Å². The van der Waals surface area contributed by atoms with Gasteiger partial charge in [-0.2, -0.15) is 0 Å². The van der Waals surface area contributed by atoms with Crippen molar-refractivity contribution in [1.29, 1.82) is 0 Å². The molecular weight excluding hydrogens is 321 g/mol. The molecule has 0 saturated heterocycles. The van der Waals surface area contributed by atoms with E-state index in [4.69, 9.17) is 0 Å². The second-order valence-electron chi connectivity index (χ2n) is 4.70. The van der Waals surface area contributed by atoms with Crippen LogP contribution in [0.25, 0.3) is 0 Å². The Morgan fingerprint density at radius 3 is 2.50 bits per heavy atom. The summed E-state index contributed by atoms with van der Waals surface area (Å²) < 4.78 is 13.8. The van der Waals surface area contributed by atoms with Gasteiger partial charge in [0.05, 0.1) is 0 Å². The number of hydrogen-bond acceptors (Lipinski definition) is 1. The minimum absolute atomic E-state index is 0.0480. The molecule has 0 atom stereocenters. The van der Waals surface area contributed by atoms with Gasteiger partial charge in [-0.1, -0.05) is 34.1 Å². The Balaban J connectivity index is 2.16. The first kappa shape index (κ1) is 14.7. The molecule has 0 unspecified atom stereocenters. The first-order chi connectivity index (χ1) is 9.49. The van der Waals surface area contributed by atoms with Gasteiger partial charge in [0, 0.05) is 23.6 Å². The predicted octanol–water partition coefficient (Wildman–Crippen LogP) is 4.17. The number of benzene rings is 2. The normalized spacial score (nSPS) is 10.4. The number of amides is 1. The Kier molecular flexibility index (Phi) is 4.55. The predicted molar refractivity (Wildman–Crippen MR) is 81.1 cm³/mol. The summed E-state index contributed by atoms with van der Waals surface area (Å²) in [4.78, 5) is 14.0. The first-order valence-corrected chi connectivity index (χ1v) is 7.03. The molecule has 0 heterocycles. The van der Waals surface area contributed by atoms with Crippen LogP contribution < -0.4 is 0 Å². The van der Waals surface area contributed by atoms with Gasteiger partial charge in [-0.05, 0) is 42.3 Å². The molecule has 2 rings (SSSR count). The molecule has 0 bridgehead atoms. The summed E-state index contributed by atoms with van der Waals surface area (Å²) in [6.45, 7) is 2.36. The van der Waals surface area contributed by atoms with E-state index >= 15 is 0 Å². The summed E-state index contributed by atoms with van der Waals surface area (Å²) in [6, 6.07) is 11.7. The van der Waals surface area contributed by atoms with Gasteiger partial charge in [0.1, 0.15) is 5.82 Å². The summed E-state index contributed by atoms with van der Waals surface area (Å²) >= 11 is 3.43. The lowest BCUT2D eigenvalue weighted by molar-refractivity contribution is 0.0784. The monoisotopic (exact) mass is 335 g/mol. The van der Waals surface area contributed by atoms with Gasteiger partial charge in [0.15, 0.2) is 0 Å². The number of carbonyl (C=O) groups is 1. The highest BCUT2D eigenvalue weighted by molar-refractivity contribution is 9.10. The fraction of sp³-hybridized carbons (Fsp3) is 0.188. The quantitative estimate of drug-likeness (QED) is 0.824. The molecule has 0 aliphatic carbocycles. The molecule has 4 heteroatoms. The number of halogens is 2. The van der Waals surface area contributed by atoms with E-state index in [9.17, 15) is 9.18 Å². The van der Waals surface area contributed by atoms with E-state index in [-0.39, 0.29) is 11.7 Å². The van der Waals surface area contributed by atoms with Crippen LogP contribution in [-0.2, 0) is 6.54 Å². The van der Waals surface area contributed by atoms with Crippen LogP contribution in [0, 0.1) is 12.7 Å². The molecule has 0 N–H and O–H groups in total. The fourth-order valence-corrected chi connectivity index (χ4v) is 2.35. The fourth-order valence-electron chi connectivity index (χ4n) is 1.98. The molecule has 2 aromatic carbocycles. The molecule has 20 heavy (non-hydrogen) atoms. The van der Waals surface area contributed by atoms with Crippen LogP contribution in [0.5, 0.6) is 0 Å². The summed E-state index contributed by atoms with van der Waals surface area (Å²) in [7, 11) is 1.74. The molecule has 0 fully saturated rings. The molecule has 2 nitrogen and oxygen atoms in total. The molecule has 0 aliphatic heterocycles. The van der Waals surface area contributed by atoms with Gasteiger partial charge < -0.3 is 4.90 Å². The van der Waals surface area contributed by atoms with Crippen molar-refractivity contribution in [2.75, 3.05) is 7.05 Å². The van der Waals surface area contributed by atoms with Gasteiger partial charge >= 0.3 is 0 Å². The second-order valence-corrected chi connectivity index (χ2v) is 5.55. The molecule has 104 valence electrons. The van der Waals surface area contributed by atoms with Crippen LogP contribution in [0.15, 0.2) is 46.9 Å². The summed E-state index contributed by atoms with van der Waals surface area (Å²) in [5, 5.41) is 0. The maximum Gasteiger partial charge on any atom is 0.254 e. The molecule has 0 aliphatic rings. The van der Waals surface area contributed by atoms with E-state index in [1.807, 2.05) is 25.1 Å². The van der Waals surface area contributed by atoms with Crippen LogP contribution in [0.4, 0.5) is 4.39 Å². The number of carbonyl (C=O) groups excluding carboxylic acids is 1. The van der Waals surface area contributed by atoms with Crippen molar-refractivity contribution in [3.8, 4) is 0 Å². The Hall–Kier alpha value is -1.68. The lowest BCUT2D eigenvalue weighted by Gasteiger charge is -2.19. The van der Waals surface area contributed by atoms with E-state index in [0.717, 1.165) is 15.6 Å². The van der Waals surface area contributed by atoms with Crippen molar-refractivity contribution in [1.82, 2.24) is 4.90 Å². The number of nitrogens with zero attached hydrogens (tertiary/aromatic N) is 1. The minimum atomic E-state index is -0.273. The molecule has 2 aromatic rings. The zero-order valence-electron chi connectivity index (χ0n) is 11.4. The first-order valence-electron chi connectivity index (χ1n) is 6.24. The molecule has 0 saturated carbocycles. The maximum absolute atomic E-state index is 12.9. The summed E-state index contributed by atoms with van der Waals surface area (Å²) in [5.74, 6) is -0.321. The van der Waals surface area contributed by atoms with Gasteiger partial charge in [0.25, 0.3) is 5.91 Å². The molecular formula is C16H15BrFNO. The topological polar surface area (TPSA) is 20.3 Å². The summed E-state index contributed by atoms with van der Waals surface area (Å²) in [5.41, 5.74) is 2.49. The van der Waals surface area contributed by atoms with E-state index in [0.29, 0.717) is 12.1 Å². The summed E-state index contributed by atoms with van der Waals surface area (Å²) in [6.07, 6.45) is 0. The average molecular weight is 336 g/mol. The molecule has 0 spiro atoms. The van der Waals surface area contributed by atoms with E-state index in [2.05, 4.69) is 15.9 Å². The average Bonchev–Trinajstić information content (AvgIpc) is 2.43. The smallest absolute Gasteiger partial charge is 0.254 e. The molecule has 0 radical (unpaired) electrons. The van der Waals surface area contributed by atoms with Gasteiger partial charge in [-0.3, -0.25) is 4.79 Å². The van der Waals surface area contributed by atoms with Crippen LogP contribution in [0.1, 0.15) is 21.5 Å². The standard InChI is InChI=1S/C16H15BrFNO/c1-11-14(4-3-5-15(11)17)16(20)19(2)10-12-6-8-13(18)9-7-12/h3-9H,10H2,1-2H3. The van der Waals surface area contributed by atoms with Gasteiger partial charge in [-0.25, -0.2) is 4.39 Å². The van der Waals surface area contributed by atoms with Crippen LogP contribution in [-0.4, -0.2) is 17.9 Å². The number of hydrogen-bond donors (Lipinski definition) is 0. The highest BCUT2D eigenvalue weighted by Gasteiger charge is 2.15. The van der Waals surface area contributed by atoms with E-state index < -0.39 is 0 Å². The minimum Gasteiger partial charge on any atom is -0.337 e. The van der Waals surface area contributed by atoms with Crippen molar-refractivity contribution in [3.05, 3.63) is 69.4 Å². The molecule has 0 aromatic heterocycles. The van der Waals surface area contributed by atoms with Gasteiger partial charge in [-0.15, -0.1) is 0 Å². The third kappa shape index (κ3) is 3.25. The Morgan fingerprint density at radius 1 is 1.20 bits per heavy atom. The third-order valence-electron chi connectivity index (χ3n) is 3.18. The third-order valence-corrected chi connectivity index (χ3v) is 4.04. The Bertz CT molecular complexity index is 625. The van der Waals surface area contributed by atoms with Crippen molar-refractivity contribution in [3.63, 3.8) is 0 Å². The Labute approximate surface area is 126 Å². The highest BCUT2D eigenvalue weighted by atomic mass is 79.9. The highest BCUT2D eigenvalue weighted by Crippen LogP contribution is 2.21. The van der Waals surface area contributed by atoms with Crippen LogP contribution in [0.3, 0.4) is 0 Å². The zero-order chi connectivity index (χ0) is 14.7. The van der Waals surface area contributed by atoms with Crippen molar-refractivity contribution in [2.24, 2.45) is 0 Å². The number of rotatable bonds is 3. The van der Waals surface area contributed by atoms with Crippen molar-refractivity contribution < 1.29 is 9.18 Å². The SMILES string of the molecule is Cc1c(Br)cccc1C(=O)N(C)Cc1ccc(F)cc1.